The van der Waals surface area contributed by atoms with Crippen molar-refractivity contribution in [1.82, 2.24) is 0 Å². The van der Waals surface area contributed by atoms with Crippen LogP contribution in [0, 0.1) is 0 Å². The van der Waals surface area contributed by atoms with Gasteiger partial charge in [-0.3, -0.25) is 4.79 Å². The van der Waals surface area contributed by atoms with Crippen LogP contribution in [0.15, 0.2) is 24.3 Å². The molecule has 0 saturated carbocycles. The van der Waals surface area contributed by atoms with Crippen molar-refractivity contribution in [3.63, 3.8) is 0 Å². The minimum atomic E-state index is -2.30. The van der Waals surface area contributed by atoms with Crippen LogP contribution in [0.3, 0.4) is 0 Å². The van der Waals surface area contributed by atoms with Crippen molar-refractivity contribution < 1.29 is 36.4 Å². The fraction of sp³-hybridized carbons (Fsp3) is 0.222. The molecule has 15 heavy (non-hydrogen) atoms. The number of carbonyl (C=O) groups is 1. The van der Waals surface area contributed by atoms with Gasteiger partial charge in [0.15, 0.2) is 0 Å². The van der Waals surface area contributed by atoms with Gasteiger partial charge in [0.05, 0.1) is 0 Å². The number of rotatable bonds is 4. The molecule has 1 unspecified atom stereocenters. The topological polar surface area (TPSA) is 74.6 Å². The monoisotopic (exact) mass is 269 g/mol. The molecule has 0 fully saturated rings. The fourth-order valence-electron chi connectivity index (χ4n) is 1.04. The molecule has 0 aliphatic carbocycles. The van der Waals surface area contributed by atoms with Gasteiger partial charge in [0.25, 0.3) is 0 Å². The summed E-state index contributed by atoms with van der Waals surface area (Å²) in [6.45, 7) is 0. The van der Waals surface area contributed by atoms with Gasteiger partial charge in [-0.2, -0.15) is 4.89 Å². The van der Waals surface area contributed by atoms with Gasteiger partial charge < -0.3 is 5.11 Å². The van der Waals surface area contributed by atoms with Gasteiger partial charge in [0.2, 0.25) is 5.30 Å². The van der Waals surface area contributed by atoms with Gasteiger partial charge in [0.1, 0.15) is 0 Å². The molecule has 0 spiro atoms. The molecule has 0 aliphatic rings. The second-order valence-corrected chi connectivity index (χ2v) is 3.90. The van der Waals surface area contributed by atoms with E-state index in [-0.39, 0.29) is 23.5 Å². The molecule has 0 amide bonds. The van der Waals surface area contributed by atoms with E-state index in [1.165, 1.54) is 12.1 Å². The molecule has 0 radical (unpaired) electrons. The molecule has 1 aromatic rings. The number of hydrogen-bond acceptors (Lipinski definition) is 2. The van der Waals surface area contributed by atoms with Crippen LogP contribution in [-0.2, 0) is 32.8 Å². The van der Waals surface area contributed by atoms with Crippen LogP contribution in [0.1, 0.15) is 12.0 Å². The van der Waals surface area contributed by atoms with Gasteiger partial charge in [0, 0.05) is 23.5 Å². The minimum absolute atomic E-state index is 0. The summed E-state index contributed by atoms with van der Waals surface area (Å²) in [5.41, 5.74) is 0.855. The summed E-state index contributed by atoms with van der Waals surface area (Å²) in [4.78, 5) is 19.0. The molecule has 1 aromatic carbocycles. The van der Waals surface area contributed by atoms with Crippen LogP contribution in [0.25, 0.3) is 0 Å². The van der Waals surface area contributed by atoms with Crippen molar-refractivity contribution in [2.75, 3.05) is 0 Å². The van der Waals surface area contributed by atoms with Crippen LogP contribution in [0.4, 0.5) is 0 Å². The first-order valence-corrected chi connectivity index (χ1v) is 5.27. The summed E-state index contributed by atoms with van der Waals surface area (Å²) >= 11 is 0. The quantitative estimate of drug-likeness (QED) is 0.633. The van der Waals surface area contributed by atoms with E-state index in [2.05, 4.69) is 0 Å². The van der Waals surface area contributed by atoms with Crippen molar-refractivity contribution in [2.45, 2.75) is 12.8 Å². The molecule has 0 saturated heterocycles. The van der Waals surface area contributed by atoms with Gasteiger partial charge in [-0.15, -0.1) is 0 Å². The Balaban J connectivity index is 0.00000196. The molecule has 1 rings (SSSR count). The average Bonchev–Trinajstić information content (AvgIpc) is 2.15. The van der Waals surface area contributed by atoms with Crippen molar-refractivity contribution in [2.24, 2.45) is 0 Å². The third kappa shape index (κ3) is 5.05. The normalized spacial score (nSPS) is 10.3. The van der Waals surface area contributed by atoms with E-state index in [4.69, 9.17) is 10.00 Å². The van der Waals surface area contributed by atoms with Crippen LogP contribution in [0.5, 0.6) is 0 Å². The molecule has 4 nitrogen and oxygen atoms in total. The van der Waals surface area contributed by atoms with Gasteiger partial charge in [-0.05, 0) is 28.7 Å². The zero-order valence-corrected chi connectivity index (χ0v) is 9.73. The summed E-state index contributed by atoms with van der Waals surface area (Å²) in [5, 5.41) is 8.79. The largest absolute Gasteiger partial charge is 0.546 e. The third-order valence-electron chi connectivity index (χ3n) is 1.78. The number of hydrogen-bond donors (Lipinski definition) is 2. The number of aliphatic carboxylic acids is 1. The standard InChI is InChI=1S/C9H9O4P.Fe/c10-9(11)6-3-7-1-4-8(5-2-7)14(12)13;/h1-2,4-5H,3,6H2,(H-,10,11,12,13);/p+1. The maximum atomic E-state index is 10.6. The molecular formula is C9H10FeO4P+. The summed E-state index contributed by atoms with van der Waals surface area (Å²) in [5.74, 6) is -0.845. The van der Waals surface area contributed by atoms with Crippen molar-refractivity contribution >= 4 is 19.3 Å². The van der Waals surface area contributed by atoms with Crippen molar-refractivity contribution in [3.05, 3.63) is 29.8 Å². The fourth-order valence-corrected chi connectivity index (χ4v) is 1.45. The predicted molar refractivity (Wildman–Crippen MR) is 51.9 cm³/mol. The minimum Gasteiger partial charge on any atom is -0.481 e. The van der Waals surface area contributed by atoms with E-state index < -0.39 is 14.0 Å². The first-order chi connectivity index (χ1) is 6.59. The summed E-state index contributed by atoms with van der Waals surface area (Å²) in [6, 6.07) is 6.41. The van der Waals surface area contributed by atoms with E-state index >= 15 is 0 Å². The maximum absolute atomic E-state index is 10.6. The van der Waals surface area contributed by atoms with E-state index in [1.54, 1.807) is 12.1 Å². The Morgan fingerprint density at radius 3 is 2.20 bits per heavy atom. The van der Waals surface area contributed by atoms with E-state index in [9.17, 15) is 9.36 Å². The summed E-state index contributed by atoms with van der Waals surface area (Å²) in [6.07, 6.45) is 0.516. The number of benzene rings is 1. The number of carboxylic acid groups (broad SMARTS) is 1. The van der Waals surface area contributed by atoms with Crippen molar-refractivity contribution in [1.29, 1.82) is 0 Å². The van der Waals surface area contributed by atoms with E-state index in [0.717, 1.165) is 5.56 Å². The Labute approximate surface area is 98.7 Å². The molecule has 6 heteroatoms. The van der Waals surface area contributed by atoms with Crippen LogP contribution >= 0.6 is 8.03 Å². The number of carboxylic acids is 1. The smallest absolute Gasteiger partial charge is 0.481 e. The molecule has 0 heterocycles. The Hall–Kier alpha value is -0.731. The Morgan fingerprint density at radius 1 is 1.27 bits per heavy atom. The molecule has 1 atom stereocenters. The zero-order valence-electron chi connectivity index (χ0n) is 7.74. The van der Waals surface area contributed by atoms with Crippen molar-refractivity contribution in [3.8, 4) is 0 Å². The second-order valence-electron chi connectivity index (χ2n) is 2.83. The zero-order chi connectivity index (χ0) is 10.6. The molecule has 2 N–H and O–H groups in total. The predicted octanol–water partition coefficient (Wildman–Crippen LogP) is 1.06. The Bertz CT molecular complexity index is 350. The molecule has 0 aromatic heterocycles. The molecule has 0 aliphatic heterocycles. The molecular weight excluding hydrogens is 259 g/mol. The SMILES string of the molecule is O=C(O)CCc1ccc([P+](=O)O)cc1.[Fe]. The van der Waals surface area contributed by atoms with Gasteiger partial charge in [-0.25, -0.2) is 0 Å². The summed E-state index contributed by atoms with van der Waals surface area (Å²) < 4.78 is 10.6. The summed E-state index contributed by atoms with van der Waals surface area (Å²) in [7, 11) is -2.30. The first kappa shape index (κ1) is 14.3. The Morgan fingerprint density at radius 2 is 1.80 bits per heavy atom. The first-order valence-electron chi connectivity index (χ1n) is 4.06. The average molecular weight is 269 g/mol. The van der Waals surface area contributed by atoms with E-state index in [1.807, 2.05) is 0 Å². The van der Waals surface area contributed by atoms with Gasteiger partial charge >= 0.3 is 14.0 Å². The van der Waals surface area contributed by atoms with E-state index in [0.29, 0.717) is 11.7 Å². The molecule has 0 bridgehead atoms. The maximum Gasteiger partial charge on any atom is 0.546 e. The van der Waals surface area contributed by atoms with Crippen LogP contribution in [0.2, 0.25) is 0 Å². The molecule has 82 valence electrons. The van der Waals surface area contributed by atoms with Crippen LogP contribution in [-0.4, -0.2) is 16.0 Å². The van der Waals surface area contributed by atoms with Crippen LogP contribution < -0.4 is 5.30 Å². The third-order valence-corrected chi connectivity index (χ3v) is 2.52. The second kappa shape index (κ2) is 6.70. The number of aryl methyl sites for hydroxylation is 1. The van der Waals surface area contributed by atoms with Gasteiger partial charge in [-0.1, -0.05) is 12.1 Å². The Kier molecular flexibility index (Phi) is 6.37.